The van der Waals surface area contributed by atoms with Crippen molar-refractivity contribution < 1.29 is 14.3 Å². The number of methoxy groups -OCH3 is 2. The Morgan fingerprint density at radius 1 is 0.926 bits per heavy atom. The van der Waals surface area contributed by atoms with Gasteiger partial charge in [-0.05, 0) is 30.2 Å². The Balaban J connectivity index is 1.47. The van der Waals surface area contributed by atoms with Gasteiger partial charge in [-0.2, -0.15) is 0 Å². The van der Waals surface area contributed by atoms with Crippen LogP contribution in [0.15, 0.2) is 48.5 Å². The van der Waals surface area contributed by atoms with Crippen molar-refractivity contribution in [2.45, 2.75) is 6.42 Å². The molecule has 0 unspecified atom stereocenters. The number of benzene rings is 2. The normalized spacial score (nSPS) is 14.0. The molecule has 0 bridgehead atoms. The summed E-state index contributed by atoms with van der Waals surface area (Å²) in [4.78, 5) is 16.6. The molecule has 1 aliphatic heterocycles. The fourth-order valence-corrected chi connectivity index (χ4v) is 3.37. The quantitative estimate of drug-likeness (QED) is 0.851. The molecule has 1 saturated heterocycles. The topological polar surface area (TPSA) is 54.0 Å². The average Bonchev–Trinajstić information content (AvgIpc) is 2.74. The molecule has 1 heterocycles. The van der Waals surface area contributed by atoms with Gasteiger partial charge in [-0.1, -0.05) is 30.3 Å². The molecule has 0 spiro atoms. The molecular weight excluding hydrogens is 342 g/mol. The molecule has 27 heavy (non-hydrogen) atoms. The first-order valence-corrected chi connectivity index (χ1v) is 9.25. The molecule has 6 nitrogen and oxygen atoms in total. The van der Waals surface area contributed by atoms with Crippen LogP contribution in [-0.2, 0) is 6.42 Å². The molecule has 0 atom stereocenters. The maximum absolute atomic E-state index is 12.4. The Bertz CT molecular complexity index is 758. The maximum Gasteiger partial charge on any atom is 0.317 e. The first-order chi connectivity index (χ1) is 13.2. The predicted molar refractivity (Wildman–Crippen MR) is 107 cm³/mol. The summed E-state index contributed by atoms with van der Waals surface area (Å²) in [5, 5.41) is 3.02. The Morgan fingerprint density at radius 2 is 1.56 bits per heavy atom. The SMILES string of the molecule is COc1ccccc1CCNC(=O)N1CCN(c2ccccc2OC)CC1. The lowest BCUT2D eigenvalue weighted by atomic mass is 10.1. The van der Waals surface area contributed by atoms with Crippen LogP contribution >= 0.6 is 0 Å². The monoisotopic (exact) mass is 369 g/mol. The third-order valence-electron chi connectivity index (χ3n) is 4.86. The molecular formula is C21H27N3O3. The number of hydrogen-bond donors (Lipinski definition) is 1. The van der Waals surface area contributed by atoms with Gasteiger partial charge in [0.05, 0.1) is 19.9 Å². The highest BCUT2D eigenvalue weighted by Gasteiger charge is 2.22. The van der Waals surface area contributed by atoms with Gasteiger partial charge < -0.3 is 24.6 Å². The summed E-state index contributed by atoms with van der Waals surface area (Å²) in [6.45, 7) is 3.56. The van der Waals surface area contributed by atoms with Crippen molar-refractivity contribution in [3.05, 3.63) is 54.1 Å². The van der Waals surface area contributed by atoms with E-state index in [0.29, 0.717) is 19.6 Å². The zero-order valence-corrected chi connectivity index (χ0v) is 16.0. The molecule has 1 fully saturated rings. The number of carbonyl (C=O) groups excluding carboxylic acids is 1. The Kier molecular flexibility index (Phi) is 6.41. The van der Waals surface area contributed by atoms with Gasteiger partial charge in [0, 0.05) is 32.7 Å². The van der Waals surface area contributed by atoms with E-state index in [-0.39, 0.29) is 6.03 Å². The number of carbonyl (C=O) groups is 1. The molecule has 0 aromatic heterocycles. The van der Waals surface area contributed by atoms with E-state index in [2.05, 4.69) is 16.3 Å². The molecule has 3 rings (SSSR count). The van der Waals surface area contributed by atoms with Crippen molar-refractivity contribution in [1.82, 2.24) is 10.2 Å². The van der Waals surface area contributed by atoms with Crippen molar-refractivity contribution in [1.29, 1.82) is 0 Å². The number of hydrogen-bond acceptors (Lipinski definition) is 4. The third-order valence-corrected chi connectivity index (χ3v) is 4.86. The van der Waals surface area contributed by atoms with Crippen molar-refractivity contribution >= 4 is 11.7 Å². The van der Waals surface area contributed by atoms with Crippen LogP contribution in [0.2, 0.25) is 0 Å². The van der Waals surface area contributed by atoms with Gasteiger partial charge in [0.15, 0.2) is 0 Å². The van der Waals surface area contributed by atoms with Crippen molar-refractivity contribution in [3.63, 3.8) is 0 Å². The van der Waals surface area contributed by atoms with E-state index in [4.69, 9.17) is 9.47 Å². The van der Waals surface area contributed by atoms with Crippen LogP contribution in [-0.4, -0.2) is 57.9 Å². The van der Waals surface area contributed by atoms with Crippen molar-refractivity contribution in [2.24, 2.45) is 0 Å². The van der Waals surface area contributed by atoms with Crippen molar-refractivity contribution in [3.8, 4) is 11.5 Å². The van der Waals surface area contributed by atoms with Gasteiger partial charge >= 0.3 is 6.03 Å². The molecule has 6 heteroatoms. The Labute approximate surface area is 160 Å². The number of urea groups is 1. The summed E-state index contributed by atoms with van der Waals surface area (Å²) in [5.74, 6) is 1.73. The molecule has 144 valence electrons. The third kappa shape index (κ3) is 4.64. The molecule has 0 radical (unpaired) electrons. The highest BCUT2D eigenvalue weighted by atomic mass is 16.5. The fraction of sp³-hybridized carbons (Fsp3) is 0.381. The zero-order chi connectivity index (χ0) is 19.1. The van der Waals surface area contributed by atoms with Gasteiger partial charge in [0.1, 0.15) is 11.5 Å². The molecule has 2 aromatic carbocycles. The molecule has 1 N–H and O–H groups in total. The number of amides is 2. The van der Waals surface area contributed by atoms with Gasteiger partial charge in [-0.3, -0.25) is 0 Å². The largest absolute Gasteiger partial charge is 0.496 e. The summed E-state index contributed by atoms with van der Waals surface area (Å²) in [7, 11) is 3.35. The minimum atomic E-state index is -0.00965. The van der Waals surface area contributed by atoms with Crippen LogP contribution in [0.5, 0.6) is 11.5 Å². The van der Waals surface area contributed by atoms with E-state index in [9.17, 15) is 4.79 Å². The lowest BCUT2D eigenvalue weighted by molar-refractivity contribution is 0.194. The second-order valence-electron chi connectivity index (χ2n) is 6.44. The van der Waals surface area contributed by atoms with E-state index in [1.165, 1.54) is 0 Å². The van der Waals surface area contributed by atoms with Crippen LogP contribution < -0.4 is 19.7 Å². The lowest BCUT2D eigenvalue weighted by Gasteiger charge is -2.36. The number of piperazine rings is 1. The van der Waals surface area contributed by atoms with E-state index >= 15 is 0 Å². The van der Waals surface area contributed by atoms with E-state index in [0.717, 1.165) is 42.3 Å². The summed E-state index contributed by atoms with van der Waals surface area (Å²) in [6.07, 6.45) is 0.747. The van der Waals surface area contributed by atoms with Crippen LogP contribution in [0.4, 0.5) is 10.5 Å². The predicted octanol–water partition coefficient (Wildman–Crippen LogP) is 2.78. The summed E-state index contributed by atoms with van der Waals surface area (Å²) in [5.41, 5.74) is 2.18. The highest BCUT2D eigenvalue weighted by molar-refractivity contribution is 5.74. The van der Waals surface area contributed by atoms with Crippen molar-refractivity contribution in [2.75, 3.05) is 51.8 Å². The minimum Gasteiger partial charge on any atom is -0.496 e. The molecule has 0 aliphatic carbocycles. The molecule has 2 aromatic rings. The number of nitrogens with one attached hydrogen (secondary N) is 1. The number of rotatable bonds is 6. The van der Waals surface area contributed by atoms with Gasteiger partial charge in [0.25, 0.3) is 0 Å². The van der Waals surface area contributed by atoms with E-state index < -0.39 is 0 Å². The smallest absolute Gasteiger partial charge is 0.317 e. The molecule has 0 saturated carbocycles. The summed E-state index contributed by atoms with van der Waals surface area (Å²) in [6, 6.07) is 15.9. The highest BCUT2D eigenvalue weighted by Crippen LogP contribution is 2.28. The van der Waals surface area contributed by atoms with Crippen LogP contribution in [0.3, 0.4) is 0 Å². The first-order valence-electron chi connectivity index (χ1n) is 9.25. The Morgan fingerprint density at radius 3 is 2.26 bits per heavy atom. The molecule has 2 amide bonds. The lowest BCUT2D eigenvalue weighted by Crippen LogP contribution is -2.52. The van der Waals surface area contributed by atoms with Crippen LogP contribution in [0.1, 0.15) is 5.56 Å². The first kappa shape index (κ1) is 18.9. The summed E-state index contributed by atoms with van der Waals surface area (Å²) < 4.78 is 10.8. The number of nitrogens with zero attached hydrogens (tertiary/aromatic N) is 2. The minimum absolute atomic E-state index is 0.00965. The molecule has 1 aliphatic rings. The second kappa shape index (κ2) is 9.16. The second-order valence-corrected chi connectivity index (χ2v) is 6.44. The van der Waals surface area contributed by atoms with E-state index in [1.807, 2.05) is 47.4 Å². The van der Waals surface area contributed by atoms with Gasteiger partial charge in [-0.25, -0.2) is 4.79 Å². The average molecular weight is 369 g/mol. The number of anilines is 1. The zero-order valence-electron chi connectivity index (χ0n) is 16.0. The maximum atomic E-state index is 12.4. The standard InChI is InChI=1S/C21H27N3O3/c1-26-19-9-5-3-7-17(19)11-12-22-21(25)24-15-13-23(14-16-24)18-8-4-6-10-20(18)27-2/h3-10H,11-16H2,1-2H3,(H,22,25). The van der Waals surface area contributed by atoms with Gasteiger partial charge in [0.2, 0.25) is 0 Å². The van der Waals surface area contributed by atoms with Gasteiger partial charge in [-0.15, -0.1) is 0 Å². The number of para-hydroxylation sites is 3. The van der Waals surface area contributed by atoms with Crippen LogP contribution in [0, 0.1) is 0 Å². The number of ether oxygens (including phenoxy) is 2. The van der Waals surface area contributed by atoms with Crippen LogP contribution in [0.25, 0.3) is 0 Å². The Hall–Kier alpha value is -2.89. The summed E-state index contributed by atoms with van der Waals surface area (Å²) >= 11 is 0. The van der Waals surface area contributed by atoms with E-state index in [1.54, 1.807) is 14.2 Å². The fourth-order valence-electron chi connectivity index (χ4n) is 3.37.